The Morgan fingerprint density at radius 1 is 0.735 bits per heavy atom. The lowest BCUT2D eigenvalue weighted by atomic mass is 9.81. The van der Waals surface area contributed by atoms with Gasteiger partial charge in [-0.1, -0.05) is 141 Å². The molecule has 0 amide bonds. The monoisotopic (exact) mass is 444 g/mol. The maximum Gasteiger partial charge on any atom is 0.0296 e. The van der Waals surface area contributed by atoms with Crippen molar-refractivity contribution >= 4 is 17.2 Å². The summed E-state index contributed by atoms with van der Waals surface area (Å²) in [5.74, 6) is 0.100. The van der Waals surface area contributed by atoms with Crippen molar-refractivity contribution in [2.75, 3.05) is 0 Å². The van der Waals surface area contributed by atoms with Crippen LogP contribution in [-0.2, 0) is 0 Å². The first-order chi connectivity index (χ1) is 16.5. The molecule has 0 heteroatoms. The first kappa shape index (κ1) is 25.0. The van der Waals surface area contributed by atoms with Crippen molar-refractivity contribution in [2.24, 2.45) is 0 Å². The van der Waals surface area contributed by atoms with Gasteiger partial charge in [0.2, 0.25) is 0 Å². The summed E-state index contributed by atoms with van der Waals surface area (Å²) in [6, 6.07) is 29.6. The number of hydrogen-bond acceptors (Lipinski definition) is 0. The quantitative estimate of drug-likeness (QED) is 0.244. The molecule has 1 unspecified atom stereocenters. The second-order valence-corrected chi connectivity index (χ2v) is 8.83. The molecule has 0 spiro atoms. The van der Waals surface area contributed by atoms with Gasteiger partial charge >= 0.3 is 0 Å². The van der Waals surface area contributed by atoms with E-state index in [0.29, 0.717) is 0 Å². The van der Waals surface area contributed by atoms with Crippen molar-refractivity contribution in [1.82, 2.24) is 0 Å². The van der Waals surface area contributed by atoms with E-state index in [0.717, 1.165) is 36.8 Å². The molecule has 3 aromatic carbocycles. The molecular formula is C34H36. The van der Waals surface area contributed by atoms with Gasteiger partial charge in [0, 0.05) is 5.92 Å². The zero-order valence-electron chi connectivity index (χ0n) is 20.5. The second kappa shape index (κ2) is 12.6. The maximum atomic E-state index is 4.48. The Kier molecular flexibility index (Phi) is 9.23. The Bertz CT molecular complexity index is 1140. The van der Waals surface area contributed by atoms with Gasteiger partial charge in [0.05, 0.1) is 0 Å². The van der Waals surface area contributed by atoms with Gasteiger partial charge in [-0.2, -0.15) is 0 Å². The molecule has 0 aliphatic rings. The predicted molar refractivity (Wildman–Crippen MR) is 152 cm³/mol. The molecule has 0 fully saturated rings. The number of rotatable bonds is 12. The minimum absolute atomic E-state index is 0.100. The minimum atomic E-state index is 0.100. The summed E-state index contributed by atoms with van der Waals surface area (Å²) in [6.07, 6.45) is 8.03. The topological polar surface area (TPSA) is 0 Å². The molecule has 172 valence electrons. The summed E-state index contributed by atoms with van der Waals surface area (Å²) >= 11 is 0. The fraction of sp³-hybridized carbons (Fsp3) is 0.176. The molecule has 0 bridgehead atoms. The third kappa shape index (κ3) is 6.93. The van der Waals surface area contributed by atoms with Gasteiger partial charge in [-0.3, -0.25) is 0 Å². The molecular weight excluding hydrogens is 408 g/mol. The normalized spacial score (nSPS) is 11.8. The Balaban J connectivity index is 1.59. The Hall–Kier alpha value is -3.64. The summed E-state index contributed by atoms with van der Waals surface area (Å²) in [6.45, 7) is 19.5. The lowest BCUT2D eigenvalue weighted by Gasteiger charge is -2.23. The Labute approximate surface area is 206 Å². The van der Waals surface area contributed by atoms with Gasteiger partial charge in [0.1, 0.15) is 0 Å². The molecule has 3 aromatic rings. The highest BCUT2D eigenvalue weighted by Crippen LogP contribution is 2.38. The van der Waals surface area contributed by atoms with Crippen LogP contribution >= 0.6 is 0 Å². The summed E-state index contributed by atoms with van der Waals surface area (Å²) in [4.78, 5) is 0. The molecule has 0 aromatic heterocycles. The van der Waals surface area contributed by atoms with Gasteiger partial charge in [-0.15, -0.1) is 0 Å². The third-order valence-electron chi connectivity index (χ3n) is 6.30. The Morgan fingerprint density at radius 2 is 1.35 bits per heavy atom. The molecule has 0 saturated carbocycles. The molecule has 0 N–H and O–H groups in total. The lowest BCUT2D eigenvalue weighted by Crippen LogP contribution is -2.05. The predicted octanol–water partition coefficient (Wildman–Crippen LogP) is 9.90. The van der Waals surface area contributed by atoms with E-state index in [1.807, 2.05) is 6.07 Å². The van der Waals surface area contributed by atoms with E-state index in [9.17, 15) is 0 Å². The van der Waals surface area contributed by atoms with Crippen molar-refractivity contribution in [3.8, 4) is 0 Å². The van der Waals surface area contributed by atoms with Crippen LogP contribution in [-0.4, -0.2) is 0 Å². The van der Waals surface area contributed by atoms with Crippen LogP contribution in [0.3, 0.4) is 0 Å². The summed E-state index contributed by atoms with van der Waals surface area (Å²) in [5, 5.41) is 0. The average Bonchev–Trinajstić information content (AvgIpc) is 2.88. The van der Waals surface area contributed by atoms with E-state index >= 15 is 0 Å². The molecule has 0 radical (unpaired) electrons. The standard InChI is InChI=1S/C34H36/c1-6-27(3)31-24-22-30(23-25-31)15-13-14-26(2)20-21-28(4)34(33-18-11-8-12-19-33)29(5)32-16-9-7-10-17-32/h7-13,15-19,22-25,34H,2-6,14,20-21H2,1H3. The number of benzene rings is 3. The van der Waals surface area contributed by atoms with E-state index in [1.54, 1.807) is 0 Å². The highest BCUT2D eigenvalue weighted by Gasteiger charge is 2.19. The fourth-order valence-corrected chi connectivity index (χ4v) is 4.13. The van der Waals surface area contributed by atoms with Crippen LogP contribution in [0.4, 0.5) is 0 Å². The van der Waals surface area contributed by atoms with Crippen molar-refractivity contribution in [1.29, 1.82) is 0 Å². The van der Waals surface area contributed by atoms with Crippen LogP contribution in [0.2, 0.25) is 0 Å². The van der Waals surface area contributed by atoms with Crippen LogP contribution in [0.5, 0.6) is 0 Å². The molecule has 0 nitrogen and oxygen atoms in total. The summed E-state index contributed by atoms with van der Waals surface area (Å²) in [7, 11) is 0. The maximum absolute atomic E-state index is 4.48. The molecule has 0 saturated heterocycles. The van der Waals surface area contributed by atoms with Crippen LogP contribution in [0.25, 0.3) is 17.2 Å². The highest BCUT2D eigenvalue weighted by molar-refractivity contribution is 5.72. The van der Waals surface area contributed by atoms with Crippen molar-refractivity contribution in [2.45, 2.75) is 38.5 Å². The van der Waals surface area contributed by atoms with Crippen LogP contribution in [0.1, 0.15) is 60.8 Å². The first-order valence-electron chi connectivity index (χ1n) is 12.1. The first-order valence-corrected chi connectivity index (χ1v) is 12.1. The summed E-state index contributed by atoms with van der Waals surface area (Å²) in [5.41, 5.74) is 9.47. The smallest absolute Gasteiger partial charge is 0.0296 e. The summed E-state index contributed by atoms with van der Waals surface area (Å²) < 4.78 is 0. The third-order valence-corrected chi connectivity index (χ3v) is 6.30. The largest absolute Gasteiger partial charge is 0.0995 e. The zero-order valence-corrected chi connectivity index (χ0v) is 20.5. The molecule has 0 aliphatic carbocycles. The molecule has 1 atom stereocenters. The van der Waals surface area contributed by atoms with Crippen LogP contribution in [0.15, 0.2) is 128 Å². The van der Waals surface area contributed by atoms with Gasteiger partial charge in [-0.25, -0.2) is 0 Å². The molecule has 0 aliphatic heterocycles. The second-order valence-electron chi connectivity index (χ2n) is 8.83. The van der Waals surface area contributed by atoms with Gasteiger partial charge < -0.3 is 0 Å². The minimum Gasteiger partial charge on any atom is -0.0995 e. The van der Waals surface area contributed by atoms with Crippen LogP contribution in [0, 0.1) is 0 Å². The van der Waals surface area contributed by atoms with E-state index in [4.69, 9.17) is 0 Å². The fourth-order valence-electron chi connectivity index (χ4n) is 4.13. The van der Waals surface area contributed by atoms with Gasteiger partial charge in [0.25, 0.3) is 0 Å². The molecule has 0 heterocycles. The number of allylic oxidation sites excluding steroid dienone is 5. The zero-order chi connectivity index (χ0) is 24.3. The lowest BCUT2D eigenvalue weighted by molar-refractivity contribution is 0.842. The van der Waals surface area contributed by atoms with Crippen molar-refractivity contribution in [3.63, 3.8) is 0 Å². The van der Waals surface area contributed by atoms with Gasteiger partial charge in [-0.05, 0) is 59.1 Å². The average molecular weight is 445 g/mol. The van der Waals surface area contributed by atoms with Gasteiger partial charge in [0.15, 0.2) is 0 Å². The van der Waals surface area contributed by atoms with Crippen LogP contribution < -0.4 is 0 Å². The number of hydrogen-bond donors (Lipinski definition) is 0. The molecule has 3 rings (SSSR count). The van der Waals surface area contributed by atoms with E-state index in [1.165, 1.54) is 33.4 Å². The van der Waals surface area contributed by atoms with E-state index < -0.39 is 0 Å². The van der Waals surface area contributed by atoms with E-state index in [-0.39, 0.29) is 5.92 Å². The van der Waals surface area contributed by atoms with Crippen molar-refractivity contribution < 1.29 is 0 Å². The van der Waals surface area contributed by atoms with Crippen molar-refractivity contribution in [3.05, 3.63) is 151 Å². The molecule has 34 heavy (non-hydrogen) atoms. The SMILES string of the molecule is C=C(CC=Cc1ccc(C(=C)CC)cc1)CCC(=C)C(C(=C)c1ccccc1)c1ccccc1. The highest BCUT2D eigenvalue weighted by atomic mass is 14.2. The van der Waals surface area contributed by atoms with E-state index in [2.05, 4.69) is 124 Å². The Morgan fingerprint density at radius 3 is 1.97 bits per heavy atom.